The molecule has 3 N–H and O–H groups in total. The van der Waals surface area contributed by atoms with E-state index in [1.54, 1.807) is 11.8 Å². The molecule has 170 valence electrons. The third kappa shape index (κ3) is 5.68. The quantitative estimate of drug-likeness (QED) is 0.543. The molecule has 0 aromatic rings. The summed E-state index contributed by atoms with van der Waals surface area (Å²) in [5, 5.41) is 18.8. The summed E-state index contributed by atoms with van der Waals surface area (Å²) in [6.45, 7) is 5.38. The third-order valence-corrected chi connectivity index (χ3v) is 8.15. The van der Waals surface area contributed by atoms with E-state index in [1.807, 2.05) is 11.9 Å². The van der Waals surface area contributed by atoms with Gasteiger partial charge in [-0.05, 0) is 45.4 Å². The number of carbonyl (C=O) groups excluding carboxylic acids is 2. The van der Waals surface area contributed by atoms with Crippen molar-refractivity contribution in [3.8, 4) is 0 Å². The first-order chi connectivity index (χ1) is 14.3. The molecule has 2 unspecified atom stereocenters. The highest BCUT2D eigenvalue weighted by molar-refractivity contribution is 8.14. The minimum Gasteiger partial charge on any atom is -0.381 e. The van der Waals surface area contributed by atoms with Crippen molar-refractivity contribution in [2.45, 2.75) is 76.5 Å². The van der Waals surface area contributed by atoms with Crippen LogP contribution >= 0.6 is 11.8 Å². The topological polar surface area (TPSA) is 103 Å². The normalized spacial score (nSPS) is 26.4. The largest absolute Gasteiger partial charge is 0.381 e. The molecule has 0 aromatic carbocycles. The van der Waals surface area contributed by atoms with Gasteiger partial charge >= 0.3 is 0 Å². The average Bonchev–Trinajstić information content (AvgIpc) is 3.03. The lowest BCUT2D eigenvalue weighted by atomic mass is 9.85. The lowest BCUT2D eigenvalue weighted by molar-refractivity contribution is -0.135. The van der Waals surface area contributed by atoms with Crippen LogP contribution in [-0.4, -0.2) is 70.7 Å². The molecule has 3 fully saturated rings. The van der Waals surface area contributed by atoms with Crippen LogP contribution in [0.4, 0.5) is 0 Å². The maximum Gasteiger partial charge on any atom is 0.271 e. The van der Waals surface area contributed by atoms with Crippen molar-refractivity contribution in [1.82, 2.24) is 15.6 Å². The van der Waals surface area contributed by atoms with E-state index in [4.69, 9.17) is 4.74 Å². The molecule has 2 aliphatic heterocycles. The molecule has 0 radical (unpaired) electrons. The minimum absolute atomic E-state index is 0.00200. The second-order valence-electron chi connectivity index (χ2n) is 9.29. The first-order valence-corrected chi connectivity index (χ1v) is 12.1. The Bertz CT molecular complexity index is 645. The van der Waals surface area contributed by atoms with E-state index in [0.717, 1.165) is 36.6 Å². The number of nitrogens with zero attached hydrogens (tertiary/aromatic N) is 2. The molecule has 0 bridgehead atoms. The molecule has 3 aliphatic rings. The summed E-state index contributed by atoms with van der Waals surface area (Å²) in [7, 11) is 1.94. The van der Waals surface area contributed by atoms with Gasteiger partial charge < -0.3 is 20.1 Å². The Kier molecular flexibility index (Phi) is 8.04. The van der Waals surface area contributed by atoms with Crippen LogP contribution in [0.5, 0.6) is 0 Å². The number of hydrazone groups is 1. The van der Waals surface area contributed by atoms with Crippen molar-refractivity contribution in [1.29, 1.82) is 0 Å². The van der Waals surface area contributed by atoms with Crippen LogP contribution in [0.25, 0.3) is 0 Å². The molecule has 2 heterocycles. The molecule has 2 saturated heterocycles. The highest BCUT2D eigenvalue weighted by atomic mass is 32.2. The maximum absolute atomic E-state index is 12.8. The number of nitrogens with one attached hydrogen (secondary N) is 2. The Balaban J connectivity index is 1.65. The summed E-state index contributed by atoms with van der Waals surface area (Å²) in [4.78, 5) is 27.6. The summed E-state index contributed by atoms with van der Waals surface area (Å²) in [5.74, 6) is 0.228. The first-order valence-electron chi connectivity index (χ1n) is 11.1. The van der Waals surface area contributed by atoms with E-state index in [9.17, 15) is 14.7 Å². The number of carbonyl (C=O) groups is 2. The maximum atomic E-state index is 12.8. The van der Waals surface area contributed by atoms with Gasteiger partial charge in [-0.1, -0.05) is 31.0 Å². The van der Waals surface area contributed by atoms with E-state index >= 15 is 0 Å². The van der Waals surface area contributed by atoms with Gasteiger partial charge in [-0.2, -0.15) is 0 Å². The van der Waals surface area contributed by atoms with Gasteiger partial charge in [0.2, 0.25) is 5.91 Å². The molecular formula is C21H36N4O4S. The van der Waals surface area contributed by atoms with E-state index in [1.165, 1.54) is 6.42 Å². The van der Waals surface area contributed by atoms with Gasteiger partial charge in [0.25, 0.3) is 5.91 Å². The highest BCUT2D eigenvalue weighted by Crippen LogP contribution is 2.30. The molecule has 3 rings (SSSR count). The van der Waals surface area contributed by atoms with E-state index in [0.29, 0.717) is 26.1 Å². The van der Waals surface area contributed by atoms with Crippen LogP contribution in [0, 0.1) is 11.8 Å². The zero-order chi connectivity index (χ0) is 21.7. The van der Waals surface area contributed by atoms with Gasteiger partial charge in [0, 0.05) is 37.5 Å². The lowest BCUT2D eigenvalue weighted by Gasteiger charge is -2.34. The van der Waals surface area contributed by atoms with Crippen LogP contribution in [0.3, 0.4) is 0 Å². The fourth-order valence-corrected chi connectivity index (χ4v) is 5.54. The predicted octanol–water partition coefficient (Wildman–Crippen LogP) is 1.68. The molecule has 2 amide bonds. The van der Waals surface area contributed by atoms with Crippen molar-refractivity contribution in [2.75, 3.05) is 26.0 Å². The molecule has 30 heavy (non-hydrogen) atoms. The number of aliphatic hydroxyl groups is 1. The van der Waals surface area contributed by atoms with Gasteiger partial charge in [-0.25, -0.2) is 5.43 Å². The van der Waals surface area contributed by atoms with Gasteiger partial charge in [0.05, 0.1) is 6.04 Å². The standard InChI is InChI=1S/C21H36N4O4S/c1-21(2)13-30-20(25(21)3)24-23-19(28)17(26)16(14-9-11-29-12-10-14)22-18(27)15-7-5-4-6-8-15/h14-17,26H,4-13H2,1-3H3,(H,22,27)(H,23,28)/b24-20-. The molecular weight excluding hydrogens is 404 g/mol. The number of amidine groups is 1. The summed E-state index contributed by atoms with van der Waals surface area (Å²) in [6.07, 6.45) is 5.10. The van der Waals surface area contributed by atoms with Crippen LogP contribution in [0.2, 0.25) is 0 Å². The van der Waals surface area contributed by atoms with E-state index in [-0.39, 0.29) is 23.3 Å². The number of aliphatic hydroxyl groups excluding tert-OH is 1. The molecule has 0 aromatic heterocycles. The van der Waals surface area contributed by atoms with Crippen molar-refractivity contribution < 1.29 is 19.4 Å². The van der Waals surface area contributed by atoms with Crippen molar-refractivity contribution in [3.63, 3.8) is 0 Å². The molecule has 9 heteroatoms. The summed E-state index contributed by atoms with van der Waals surface area (Å²) in [6, 6.07) is -0.631. The first kappa shape index (κ1) is 23.3. The van der Waals surface area contributed by atoms with Crippen molar-refractivity contribution in [3.05, 3.63) is 0 Å². The fourth-order valence-electron chi connectivity index (χ4n) is 4.31. The Morgan fingerprint density at radius 2 is 1.87 bits per heavy atom. The third-order valence-electron chi connectivity index (χ3n) is 6.68. The van der Waals surface area contributed by atoms with Crippen LogP contribution in [0.1, 0.15) is 58.8 Å². The zero-order valence-corrected chi connectivity index (χ0v) is 19.2. The second-order valence-corrected chi connectivity index (χ2v) is 10.2. The van der Waals surface area contributed by atoms with Gasteiger partial charge in [-0.3, -0.25) is 9.59 Å². The molecule has 1 saturated carbocycles. The number of hydrogen-bond donors (Lipinski definition) is 3. The van der Waals surface area contributed by atoms with Crippen LogP contribution < -0.4 is 10.7 Å². The summed E-state index contributed by atoms with van der Waals surface area (Å²) >= 11 is 1.57. The van der Waals surface area contributed by atoms with Crippen LogP contribution in [0.15, 0.2) is 5.10 Å². The molecule has 2 atom stereocenters. The number of hydrogen-bond acceptors (Lipinski definition) is 6. The van der Waals surface area contributed by atoms with E-state index < -0.39 is 18.1 Å². The average molecular weight is 441 g/mol. The van der Waals surface area contributed by atoms with Gasteiger partial charge in [0.1, 0.15) is 0 Å². The minimum atomic E-state index is -1.35. The fraction of sp³-hybridized carbons (Fsp3) is 0.857. The van der Waals surface area contributed by atoms with Crippen molar-refractivity contribution in [2.24, 2.45) is 16.9 Å². The number of rotatable bonds is 6. The molecule has 0 spiro atoms. The molecule has 8 nitrogen and oxygen atoms in total. The van der Waals surface area contributed by atoms with Crippen molar-refractivity contribution >= 4 is 28.7 Å². The highest BCUT2D eigenvalue weighted by Gasteiger charge is 2.38. The summed E-state index contributed by atoms with van der Waals surface area (Å²) in [5.41, 5.74) is 2.48. The number of ether oxygens (including phenoxy) is 1. The number of thioether (sulfide) groups is 1. The van der Waals surface area contributed by atoms with E-state index in [2.05, 4.69) is 29.7 Å². The smallest absolute Gasteiger partial charge is 0.271 e. The zero-order valence-electron chi connectivity index (χ0n) is 18.4. The Morgan fingerprint density at radius 3 is 2.47 bits per heavy atom. The number of amides is 2. The van der Waals surface area contributed by atoms with Gasteiger partial charge in [0.15, 0.2) is 11.3 Å². The Labute approximate surface area is 183 Å². The molecule has 1 aliphatic carbocycles. The van der Waals surface area contributed by atoms with Gasteiger partial charge in [-0.15, -0.1) is 5.10 Å². The summed E-state index contributed by atoms with van der Waals surface area (Å²) < 4.78 is 5.43. The Hall–Kier alpha value is -1.32. The monoisotopic (exact) mass is 440 g/mol. The van der Waals surface area contributed by atoms with Crippen LogP contribution in [-0.2, 0) is 14.3 Å². The predicted molar refractivity (Wildman–Crippen MR) is 118 cm³/mol. The SMILES string of the molecule is CN1/C(=N/NC(=O)C(O)C(NC(=O)C2CCCCC2)C2CCOCC2)SCC1(C)C. The second kappa shape index (κ2) is 10.3. The Morgan fingerprint density at radius 1 is 1.20 bits per heavy atom. The lowest BCUT2D eigenvalue weighted by Crippen LogP contribution is -2.55.